The highest BCUT2D eigenvalue weighted by atomic mass is 79.9. The first kappa shape index (κ1) is 31.0. The Bertz CT molecular complexity index is 1720. The number of carbonyl (C=O) groups is 2. The maximum atomic E-state index is 14.0. The number of hydrogen-bond donors (Lipinski definition) is 0. The SMILES string of the molecule is CCOC(=O)C1=C(C)N=c2s/c(=C/c3cc(Br)c(OCC(=O)OC)c(OC)c3)c(=O)n2[C@@H]1c1ccccc1OC(C)C. The van der Waals surface area contributed by atoms with Crippen LogP contribution >= 0.6 is 27.3 Å². The molecule has 1 atom stereocenters. The smallest absolute Gasteiger partial charge is 0.343 e. The molecule has 2 heterocycles. The highest BCUT2D eigenvalue weighted by molar-refractivity contribution is 9.10. The van der Waals surface area contributed by atoms with Gasteiger partial charge in [0.2, 0.25) is 0 Å². The molecular weight excluding hydrogens is 628 g/mol. The average molecular weight is 660 g/mol. The van der Waals surface area contributed by atoms with Crippen LogP contribution < -0.4 is 29.1 Å². The molecule has 0 saturated heterocycles. The van der Waals surface area contributed by atoms with E-state index in [0.29, 0.717) is 47.9 Å². The highest BCUT2D eigenvalue weighted by Crippen LogP contribution is 2.38. The second kappa shape index (κ2) is 13.4. The van der Waals surface area contributed by atoms with Crippen LogP contribution in [0.4, 0.5) is 0 Å². The third-order valence-corrected chi connectivity index (χ3v) is 7.78. The van der Waals surface area contributed by atoms with Gasteiger partial charge >= 0.3 is 11.9 Å². The van der Waals surface area contributed by atoms with Crippen molar-refractivity contribution < 1.29 is 33.3 Å². The van der Waals surface area contributed by atoms with E-state index in [0.717, 1.165) is 0 Å². The molecule has 0 fully saturated rings. The second-order valence-electron chi connectivity index (χ2n) is 9.41. The van der Waals surface area contributed by atoms with E-state index >= 15 is 0 Å². The van der Waals surface area contributed by atoms with Gasteiger partial charge in [-0.2, -0.15) is 0 Å². The quantitative estimate of drug-likeness (QED) is 0.301. The Labute approximate surface area is 255 Å². The van der Waals surface area contributed by atoms with E-state index in [1.807, 2.05) is 38.1 Å². The van der Waals surface area contributed by atoms with Gasteiger partial charge in [0.05, 0.1) is 47.2 Å². The second-order valence-corrected chi connectivity index (χ2v) is 11.3. The van der Waals surface area contributed by atoms with E-state index < -0.39 is 18.0 Å². The number of halogens is 1. The summed E-state index contributed by atoms with van der Waals surface area (Å²) in [5, 5.41) is 0. The molecule has 0 N–H and O–H groups in total. The number of hydrogen-bond acceptors (Lipinski definition) is 10. The predicted octanol–water partition coefficient (Wildman–Crippen LogP) is 3.91. The van der Waals surface area contributed by atoms with Crippen LogP contribution in [0.1, 0.15) is 44.9 Å². The summed E-state index contributed by atoms with van der Waals surface area (Å²) in [6.45, 7) is 7.16. The first-order valence-electron chi connectivity index (χ1n) is 13.1. The Hall–Kier alpha value is -3.90. The summed E-state index contributed by atoms with van der Waals surface area (Å²) in [6, 6.07) is 9.95. The van der Waals surface area contributed by atoms with Crippen LogP contribution in [-0.2, 0) is 19.1 Å². The van der Waals surface area contributed by atoms with E-state index in [9.17, 15) is 14.4 Å². The number of ether oxygens (including phenoxy) is 5. The number of benzene rings is 2. The van der Waals surface area contributed by atoms with Gasteiger partial charge < -0.3 is 23.7 Å². The number of thiazole rings is 1. The van der Waals surface area contributed by atoms with E-state index in [2.05, 4.69) is 25.7 Å². The standard InChI is InChI=1S/C30H31BrN2O8S/c1-7-39-29(36)25-17(4)32-30-33(26(25)19-10-8-9-11-21(19)41-16(2)3)28(35)23(42-30)14-18-12-20(31)27(22(13-18)37-5)40-15-24(34)38-6/h8-14,16,26H,7,15H2,1-6H3/b23-14+/t26-/m1/s1. The van der Waals surface area contributed by atoms with Crippen LogP contribution in [0.2, 0.25) is 0 Å². The van der Waals surface area contributed by atoms with Crippen molar-refractivity contribution >= 4 is 45.3 Å². The molecule has 1 aromatic heterocycles. The van der Waals surface area contributed by atoms with Crippen LogP contribution in [0.3, 0.4) is 0 Å². The lowest BCUT2D eigenvalue weighted by atomic mass is 9.95. The van der Waals surface area contributed by atoms with Crippen LogP contribution in [0.15, 0.2) is 61.9 Å². The molecule has 0 bridgehead atoms. The van der Waals surface area contributed by atoms with E-state index in [4.69, 9.17) is 18.9 Å². The number of esters is 2. The fraction of sp³-hybridized carbons (Fsp3) is 0.333. The van der Waals surface area contributed by atoms with Gasteiger partial charge in [0.25, 0.3) is 5.56 Å². The van der Waals surface area contributed by atoms with Gasteiger partial charge in [-0.3, -0.25) is 9.36 Å². The Morgan fingerprint density at radius 3 is 2.57 bits per heavy atom. The molecule has 42 heavy (non-hydrogen) atoms. The number of nitrogens with zero attached hydrogens (tertiary/aromatic N) is 2. The van der Waals surface area contributed by atoms with Gasteiger partial charge in [-0.15, -0.1) is 0 Å². The highest BCUT2D eigenvalue weighted by Gasteiger charge is 2.35. The number of aromatic nitrogens is 1. The molecule has 222 valence electrons. The maximum absolute atomic E-state index is 14.0. The van der Waals surface area contributed by atoms with Crippen molar-refractivity contribution in [2.24, 2.45) is 4.99 Å². The summed E-state index contributed by atoms with van der Waals surface area (Å²) >= 11 is 4.67. The summed E-state index contributed by atoms with van der Waals surface area (Å²) in [7, 11) is 2.75. The lowest BCUT2D eigenvalue weighted by Gasteiger charge is -2.26. The van der Waals surface area contributed by atoms with Crippen molar-refractivity contribution in [1.82, 2.24) is 4.57 Å². The molecule has 0 radical (unpaired) electrons. The van der Waals surface area contributed by atoms with Crippen molar-refractivity contribution in [1.29, 1.82) is 0 Å². The van der Waals surface area contributed by atoms with Gasteiger partial charge in [-0.05, 0) is 73.5 Å². The fourth-order valence-corrected chi connectivity index (χ4v) is 6.08. The first-order valence-corrected chi connectivity index (χ1v) is 14.7. The lowest BCUT2D eigenvalue weighted by molar-refractivity contribution is -0.143. The van der Waals surface area contributed by atoms with Crippen molar-refractivity contribution in [2.75, 3.05) is 27.4 Å². The van der Waals surface area contributed by atoms with E-state index in [1.54, 1.807) is 32.1 Å². The molecule has 4 rings (SSSR count). The minimum absolute atomic E-state index is 0.133. The van der Waals surface area contributed by atoms with Gasteiger partial charge in [-0.1, -0.05) is 29.5 Å². The minimum Gasteiger partial charge on any atom is -0.493 e. The van der Waals surface area contributed by atoms with Gasteiger partial charge in [0.15, 0.2) is 22.9 Å². The Morgan fingerprint density at radius 1 is 1.17 bits per heavy atom. The predicted molar refractivity (Wildman–Crippen MR) is 161 cm³/mol. The number of allylic oxidation sites excluding steroid dienone is 1. The Balaban J connectivity index is 1.89. The molecule has 0 aliphatic carbocycles. The molecule has 10 nitrogen and oxygen atoms in total. The Morgan fingerprint density at radius 2 is 1.90 bits per heavy atom. The summed E-state index contributed by atoms with van der Waals surface area (Å²) in [5.74, 6) is 0.137. The van der Waals surface area contributed by atoms with Crippen LogP contribution in [-0.4, -0.2) is 50.0 Å². The monoisotopic (exact) mass is 658 g/mol. The molecule has 2 aromatic carbocycles. The molecular formula is C30H31BrN2O8S. The summed E-state index contributed by atoms with van der Waals surface area (Å²) in [5.41, 5.74) is 1.68. The summed E-state index contributed by atoms with van der Waals surface area (Å²) < 4.78 is 29.6. The normalized spacial score (nSPS) is 14.8. The zero-order valence-electron chi connectivity index (χ0n) is 24.1. The summed E-state index contributed by atoms with van der Waals surface area (Å²) in [4.78, 5) is 43.9. The third kappa shape index (κ3) is 6.44. The van der Waals surface area contributed by atoms with E-state index in [-0.39, 0.29) is 30.5 Å². The summed E-state index contributed by atoms with van der Waals surface area (Å²) in [6.07, 6.45) is 1.57. The van der Waals surface area contributed by atoms with Crippen LogP contribution in [0, 0.1) is 0 Å². The first-order chi connectivity index (χ1) is 20.1. The number of rotatable bonds is 10. The molecule has 0 spiro atoms. The average Bonchev–Trinajstić information content (AvgIpc) is 3.25. The van der Waals surface area contributed by atoms with Crippen LogP contribution in [0.25, 0.3) is 6.08 Å². The largest absolute Gasteiger partial charge is 0.493 e. The Kier molecular flexibility index (Phi) is 9.89. The molecule has 0 unspecified atom stereocenters. The van der Waals surface area contributed by atoms with Gasteiger partial charge in [-0.25, -0.2) is 14.6 Å². The maximum Gasteiger partial charge on any atom is 0.343 e. The molecule has 1 aliphatic rings. The number of carbonyl (C=O) groups excluding carboxylic acids is 2. The van der Waals surface area contributed by atoms with Crippen molar-refractivity contribution in [3.63, 3.8) is 0 Å². The van der Waals surface area contributed by atoms with Crippen molar-refractivity contribution in [3.05, 3.63) is 83.0 Å². The molecule has 1 aliphatic heterocycles. The molecule has 0 amide bonds. The number of fused-ring (bicyclic) bond motifs is 1. The topological polar surface area (TPSA) is 115 Å². The van der Waals surface area contributed by atoms with Crippen molar-refractivity contribution in [2.45, 2.75) is 39.8 Å². The molecule has 12 heteroatoms. The van der Waals surface area contributed by atoms with E-state index in [1.165, 1.54) is 30.1 Å². The number of methoxy groups -OCH3 is 2. The van der Waals surface area contributed by atoms with Gasteiger partial charge in [0, 0.05) is 5.56 Å². The third-order valence-electron chi connectivity index (χ3n) is 6.20. The fourth-order valence-electron chi connectivity index (χ4n) is 4.46. The van der Waals surface area contributed by atoms with Crippen LogP contribution in [0.5, 0.6) is 17.2 Å². The lowest BCUT2D eigenvalue weighted by Crippen LogP contribution is -2.40. The zero-order chi connectivity index (χ0) is 30.6. The molecule has 0 saturated carbocycles. The molecule has 3 aromatic rings. The number of para-hydroxylation sites is 1. The van der Waals surface area contributed by atoms with Crippen molar-refractivity contribution in [3.8, 4) is 17.2 Å². The minimum atomic E-state index is -0.812. The van der Waals surface area contributed by atoms with Gasteiger partial charge in [0.1, 0.15) is 11.8 Å². The zero-order valence-corrected chi connectivity index (χ0v) is 26.5.